The van der Waals surface area contributed by atoms with Gasteiger partial charge in [-0.1, -0.05) is 37.6 Å². The lowest BCUT2D eigenvalue weighted by Gasteiger charge is -2.14. The van der Waals surface area contributed by atoms with E-state index in [0.29, 0.717) is 24.1 Å². The minimum Gasteiger partial charge on any atom is -0.461 e. The number of fused-ring (bicyclic) bond motifs is 1. The number of unbranched alkanes of at least 4 members (excludes halogenated alkanes) is 1. The summed E-state index contributed by atoms with van der Waals surface area (Å²) < 4.78 is 49.9. The van der Waals surface area contributed by atoms with Crippen LogP contribution in [-0.4, -0.2) is 26.7 Å². The van der Waals surface area contributed by atoms with Gasteiger partial charge in [-0.15, -0.1) is 0 Å². The van der Waals surface area contributed by atoms with Gasteiger partial charge < -0.3 is 13.9 Å². The zero-order valence-electron chi connectivity index (χ0n) is 20.0. The van der Waals surface area contributed by atoms with Gasteiger partial charge in [0.2, 0.25) is 0 Å². The fourth-order valence-electron chi connectivity index (χ4n) is 4.33. The van der Waals surface area contributed by atoms with E-state index >= 15 is 0 Å². The number of benzene rings is 2. The first-order valence-electron chi connectivity index (χ1n) is 11.7. The van der Waals surface area contributed by atoms with Gasteiger partial charge in [0, 0.05) is 18.0 Å². The van der Waals surface area contributed by atoms with Gasteiger partial charge in [-0.25, -0.2) is 9.78 Å². The molecular weight excluding hydrogens is 469 g/mol. The van der Waals surface area contributed by atoms with E-state index in [2.05, 4.69) is 11.1 Å². The van der Waals surface area contributed by atoms with E-state index in [0.717, 1.165) is 22.9 Å². The van der Waals surface area contributed by atoms with Crippen LogP contribution in [0.2, 0.25) is 0 Å². The lowest BCUT2D eigenvalue weighted by molar-refractivity contribution is -0.141. The molecule has 0 amide bonds. The third kappa shape index (κ3) is 4.71. The number of rotatable bonds is 8. The largest absolute Gasteiger partial charge is 0.461 e. The molecule has 0 atom stereocenters. The lowest BCUT2D eigenvalue weighted by atomic mass is 10.1. The number of halogens is 3. The maximum Gasteiger partial charge on any atom is 0.435 e. The molecule has 2 heterocycles. The highest BCUT2D eigenvalue weighted by Crippen LogP contribution is 2.34. The van der Waals surface area contributed by atoms with Gasteiger partial charge in [0.05, 0.1) is 29.9 Å². The van der Waals surface area contributed by atoms with Crippen LogP contribution < -0.4 is 0 Å². The molecule has 0 aliphatic rings. The van der Waals surface area contributed by atoms with Crippen molar-refractivity contribution < 1.29 is 22.7 Å². The predicted octanol–water partition coefficient (Wildman–Crippen LogP) is 6.29. The number of aromatic nitrogens is 3. The summed E-state index contributed by atoms with van der Waals surface area (Å²) in [5.74, 6) is -0.855. The standard InChI is InChI=1S/C27H25F3N4O2/c1-3-5-13-23-32-25(27(28,29)30)24(26(35)36-4-2)34(23)17-19-10-8-12-22-20(19)14-15-33(22)21-11-7-6-9-18(21)16-31/h6-12,14-15H,3-5,13,17H2,1-2H3. The third-order valence-corrected chi connectivity index (χ3v) is 5.97. The number of nitrogens with zero attached hydrogens (tertiary/aromatic N) is 4. The number of alkyl halides is 3. The second kappa shape index (κ2) is 10.3. The quantitative estimate of drug-likeness (QED) is 0.270. The molecule has 6 nitrogen and oxygen atoms in total. The van der Waals surface area contributed by atoms with E-state index in [4.69, 9.17) is 4.74 Å². The van der Waals surface area contributed by atoms with Crippen LogP contribution in [0.25, 0.3) is 16.6 Å². The minimum absolute atomic E-state index is 0.0114. The average Bonchev–Trinajstić information content (AvgIpc) is 3.45. The maximum absolute atomic E-state index is 13.9. The van der Waals surface area contributed by atoms with Gasteiger partial charge in [0.25, 0.3) is 0 Å². The number of esters is 1. The van der Waals surface area contributed by atoms with Crippen molar-refractivity contribution >= 4 is 16.9 Å². The van der Waals surface area contributed by atoms with E-state index in [1.165, 1.54) is 4.57 Å². The van der Waals surface area contributed by atoms with Crippen LogP contribution in [0.3, 0.4) is 0 Å². The maximum atomic E-state index is 13.9. The molecule has 0 saturated heterocycles. The van der Waals surface area contributed by atoms with Gasteiger partial charge in [-0.05, 0) is 43.2 Å². The second-order valence-electron chi connectivity index (χ2n) is 8.30. The van der Waals surface area contributed by atoms with Crippen molar-refractivity contribution in [2.75, 3.05) is 6.61 Å². The van der Waals surface area contributed by atoms with Crippen molar-refractivity contribution in [2.24, 2.45) is 0 Å². The number of hydrogen-bond donors (Lipinski definition) is 0. The van der Waals surface area contributed by atoms with Crippen LogP contribution >= 0.6 is 0 Å². The number of carbonyl (C=O) groups is 1. The van der Waals surface area contributed by atoms with E-state index in [1.807, 2.05) is 48.0 Å². The molecule has 0 fully saturated rings. The number of nitriles is 1. The fourth-order valence-corrected chi connectivity index (χ4v) is 4.33. The molecule has 9 heteroatoms. The summed E-state index contributed by atoms with van der Waals surface area (Å²) in [5, 5.41) is 10.3. The molecule has 0 radical (unpaired) electrons. The van der Waals surface area contributed by atoms with Gasteiger partial charge in [0.1, 0.15) is 11.9 Å². The molecule has 0 unspecified atom stereocenters. The molecule has 0 saturated carbocycles. The van der Waals surface area contributed by atoms with Crippen LogP contribution in [0.15, 0.2) is 54.7 Å². The number of aryl methyl sites for hydroxylation is 1. The van der Waals surface area contributed by atoms with Gasteiger partial charge in [0.15, 0.2) is 11.4 Å². The molecule has 186 valence electrons. The summed E-state index contributed by atoms with van der Waals surface area (Å²) in [5.41, 5.74) is 0.900. The summed E-state index contributed by atoms with van der Waals surface area (Å²) in [4.78, 5) is 16.6. The van der Waals surface area contributed by atoms with Gasteiger partial charge in [-0.3, -0.25) is 0 Å². The molecule has 0 spiro atoms. The van der Waals surface area contributed by atoms with Crippen molar-refractivity contribution in [2.45, 2.75) is 45.8 Å². The zero-order chi connectivity index (χ0) is 25.9. The normalized spacial score (nSPS) is 11.6. The van der Waals surface area contributed by atoms with E-state index in [9.17, 15) is 23.2 Å². The fraction of sp³-hybridized carbons (Fsp3) is 0.296. The predicted molar refractivity (Wildman–Crippen MR) is 129 cm³/mol. The molecule has 0 aliphatic carbocycles. The molecule has 2 aromatic carbocycles. The lowest BCUT2D eigenvalue weighted by Crippen LogP contribution is -2.19. The number of para-hydroxylation sites is 1. The first kappa shape index (κ1) is 25.0. The van der Waals surface area contributed by atoms with Crippen molar-refractivity contribution in [3.05, 3.63) is 83.1 Å². The van der Waals surface area contributed by atoms with Crippen LogP contribution in [0.5, 0.6) is 0 Å². The van der Waals surface area contributed by atoms with Crippen molar-refractivity contribution in [3.8, 4) is 11.8 Å². The van der Waals surface area contributed by atoms with Crippen molar-refractivity contribution in [3.63, 3.8) is 0 Å². The van der Waals surface area contributed by atoms with Crippen LogP contribution in [-0.2, 0) is 23.9 Å². The third-order valence-electron chi connectivity index (χ3n) is 5.97. The molecule has 4 aromatic rings. The number of imidazole rings is 1. The Hall–Kier alpha value is -4.06. The Kier molecular flexibility index (Phi) is 7.15. The summed E-state index contributed by atoms with van der Waals surface area (Å²) in [6.45, 7) is 3.44. The summed E-state index contributed by atoms with van der Waals surface area (Å²) in [6.07, 6.45) is -1.29. The highest BCUT2D eigenvalue weighted by molar-refractivity contribution is 5.90. The van der Waals surface area contributed by atoms with Crippen LogP contribution in [0.4, 0.5) is 13.2 Å². The molecule has 36 heavy (non-hydrogen) atoms. The van der Waals surface area contributed by atoms with Gasteiger partial charge >= 0.3 is 12.1 Å². The highest BCUT2D eigenvalue weighted by Gasteiger charge is 2.41. The minimum atomic E-state index is -4.80. The molecule has 4 rings (SSSR count). The molecule has 0 aliphatic heterocycles. The Bertz CT molecular complexity index is 1440. The Balaban J connectivity index is 1.87. The summed E-state index contributed by atoms with van der Waals surface area (Å²) in [6, 6.07) is 16.7. The number of ether oxygens (including phenoxy) is 1. The highest BCUT2D eigenvalue weighted by atomic mass is 19.4. The Morgan fingerprint density at radius 3 is 2.58 bits per heavy atom. The second-order valence-corrected chi connectivity index (χ2v) is 8.30. The number of carbonyl (C=O) groups excluding carboxylic acids is 1. The topological polar surface area (TPSA) is 72.8 Å². The van der Waals surface area contributed by atoms with Crippen LogP contribution in [0, 0.1) is 11.3 Å². The van der Waals surface area contributed by atoms with Crippen molar-refractivity contribution in [1.29, 1.82) is 5.26 Å². The zero-order valence-corrected chi connectivity index (χ0v) is 20.0. The average molecular weight is 495 g/mol. The molecule has 0 N–H and O–H groups in total. The molecule has 0 bridgehead atoms. The SMILES string of the molecule is CCCCc1nc(C(F)(F)F)c(C(=O)OCC)n1Cc1cccc2c1ccn2-c1ccccc1C#N. The molecule has 2 aromatic heterocycles. The first-order valence-corrected chi connectivity index (χ1v) is 11.7. The van der Waals surface area contributed by atoms with Crippen LogP contribution in [0.1, 0.15) is 59.8 Å². The smallest absolute Gasteiger partial charge is 0.435 e. The van der Waals surface area contributed by atoms with E-state index < -0.39 is 23.5 Å². The molecular formula is C27H25F3N4O2. The van der Waals surface area contributed by atoms with Crippen molar-refractivity contribution in [1.82, 2.24) is 14.1 Å². The van der Waals surface area contributed by atoms with E-state index in [-0.39, 0.29) is 19.0 Å². The Labute approximate surface area is 206 Å². The first-order chi connectivity index (χ1) is 17.3. The van der Waals surface area contributed by atoms with Gasteiger partial charge in [-0.2, -0.15) is 18.4 Å². The summed E-state index contributed by atoms with van der Waals surface area (Å²) >= 11 is 0. The van der Waals surface area contributed by atoms with E-state index in [1.54, 1.807) is 25.1 Å². The Morgan fingerprint density at radius 1 is 1.11 bits per heavy atom. The Morgan fingerprint density at radius 2 is 1.89 bits per heavy atom. The monoisotopic (exact) mass is 494 g/mol. The number of hydrogen-bond acceptors (Lipinski definition) is 4. The summed E-state index contributed by atoms with van der Waals surface area (Å²) in [7, 11) is 0.